The molecule has 35 heavy (non-hydrogen) atoms. The molecule has 4 heterocycles. The first-order valence-corrected chi connectivity index (χ1v) is 11.5. The number of halogens is 1. The molecule has 4 aromatic heterocycles. The Kier molecular flexibility index (Phi) is 6.17. The Balaban J connectivity index is 1.38. The zero-order valence-electron chi connectivity index (χ0n) is 18.9. The van der Waals surface area contributed by atoms with Crippen LogP contribution in [0.5, 0.6) is 0 Å². The van der Waals surface area contributed by atoms with Crippen LogP contribution in [0.15, 0.2) is 49.2 Å². The van der Waals surface area contributed by atoms with Gasteiger partial charge >= 0.3 is 0 Å². The van der Waals surface area contributed by atoms with Crippen molar-refractivity contribution in [2.45, 2.75) is 38.6 Å². The summed E-state index contributed by atoms with van der Waals surface area (Å²) in [5, 5.41) is 3.34. The summed E-state index contributed by atoms with van der Waals surface area (Å²) in [5.74, 6) is -0.378. The molecule has 1 amide bonds. The van der Waals surface area contributed by atoms with E-state index in [0.29, 0.717) is 39.5 Å². The van der Waals surface area contributed by atoms with Gasteiger partial charge in [-0.2, -0.15) is 4.98 Å². The van der Waals surface area contributed by atoms with Crippen LogP contribution in [0.3, 0.4) is 0 Å². The lowest BCUT2D eigenvalue weighted by molar-refractivity contribution is -0.115. The van der Waals surface area contributed by atoms with E-state index in [1.54, 1.807) is 12.3 Å². The predicted molar refractivity (Wildman–Crippen MR) is 128 cm³/mol. The van der Waals surface area contributed by atoms with Gasteiger partial charge in [0.25, 0.3) is 0 Å². The number of nitrogens with zero attached hydrogens (tertiary/aromatic N) is 5. The Morgan fingerprint density at radius 2 is 1.94 bits per heavy atom. The number of hydrogen-bond donors (Lipinski definition) is 2. The number of fused-ring (bicyclic) bond motifs is 1. The third-order valence-corrected chi connectivity index (χ3v) is 6.22. The van der Waals surface area contributed by atoms with Gasteiger partial charge in [-0.3, -0.25) is 19.6 Å². The Bertz CT molecular complexity index is 1390. The van der Waals surface area contributed by atoms with Gasteiger partial charge < -0.3 is 15.6 Å². The van der Waals surface area contributed by atoms with Crippen LogP contribution in [0.25, 0.3) is 11.0 Å². The van der Waals surface area contributed by atoms with Crippen LogP contribution in [-0.2, 0) is 17.8 Å². The number of nitrogens with one attached hydrogen (secondary N) is 1. The number of rotatable bonds is 7. The molecule has 0 bridgehead atoms. The minimum atomic E-state index is -0.470. The van der Waals surface area contributed by atoms with E-state index in [2.05, 4.69) is 25.3 Å². The van der Waals surface area contributed by atoms with Crippen molar-refractivity contribution in [3.8, 4) is 0 Å². The lowest BCUT2D eigenvalue weighted by atomic mass is 10.1. The van der Waals surface area contributed by atoms with E-state index < -0.39 is 5.82 Å². The molecule has 3 N–H and O–H groups in total. The second-order valence-electron chi connectivity index (χ2n) is 8.80. The van der Waals surface area contributed by atoms with Gasteiger partial charge in [-0.05, 0) is 37.0 Å². The maximum absolute atomic E-state index is 13.5. The molecule has 0 spiro atoms. The van der Waals surface area contributed by atoms with Crippen LogP contribution in [-0.4, -0.2) is 36.2 Å². The number of pyridine rings is 2. The fraction of sp³-hybridized carbons (Fsp3) is 0.280. The summed E-state index contributed by atoms with van der Waals surface area (Å²) in [4.78, 5) is 42.4. The van der Waals surface area contributed by atoms with E-state index in [1.165, 1.54) is 37.4 Å². The smallest absolute Gasteiger partial charge is 0.230 e. The van der Waals surface area contributed by atoms with Gasteiger partial charge in [0.05, 0.1) is 30.1 Å². The standard InChI is InChI=1S/C25H24FN7O2/c26-17-5-6-18(29-10-17)8-22(34)31-19-7-16(9-28-11-19)23(35)21-14-33(13-15-3-1-2-4-15)24-20(21)12-30-25(27)32-24/h5-7,9-12,14-15H,1-4,8,13H2,(H,31,34)(H2,27,30,32). The van der Waals surface area contributed by atoms with E-state index in [1.807, 2.05) is 10.8 Å². The molecular formula is C25H24FN7O2. The van der Waals surface area contributed by atoms with Crippen molar-refractivity contribution in [1.82, 2.24) is 24.5 Å². The first-order valence-electron chi connectivity index (χ1n) is 11.5. The highest BCUT2D eigenvalue weighted by Crippen LogP contribution is 2.29. The first kappa shape index (κ1) is 22.6. The number of nitrogen functional groups attached to an aromatic ring is 1. The number of carbonyl (C=O) groups is 2. The van der Waals surface area contributed by atoms with Crippen LogP contribution in [0.2, 0.25) is 0 Å². The minimum absolute atomic E-state index is 0.0358. The fourth-order valence-corrected chi connectivity index (χ4v) is 4.54. The number of anilines is 2. The monoisotopic (exact) mass is 473 g/mol. The molecule has 1 saturated carbocycles. The molecule has 9 nitrogen and oxygen atoms in total. The van der Waals surface area contributed by atoms with Crippen molar-refractivity contribution >= 4 is 34.4 Å². The number of aromatic nitrogens is 5. The zero-order chi connectivity index (χ0) is 24.4. The van der Waals surface area contributed by atoms with Gasteiger partial charge in [-0.25, -0.2) is 9.37 Å². The van der Waals surface area contributed by atoms with Crippen molar-refractivity contribution in [3.63, 3.8) is 0 Å². The number of amides is 1. The molecule has 178 valence electrons. The SMILES string of the molecule is Nc1ncc2c(C(=O)c3cncc(NC(=O)Cc4ccc(F)cn4)c3)cn(CC3CCCC3)c2n1. The van der Waals surface area contributed by atoms with Gasteiger partial charge in [0.15, 0.2) is 5.78 Å². The summed E-state index contributed by atoms with van der Waals surface area (Å²) in [7, 11) is 0. The normalized spacial score (nSPS) is 13.9. The molecule has 1 fully saturated rings. The largest absolute Gasteiger partial charge is 0.368 e. The summed E-state index contributed by atoms with van der Waals surface area (Å²) in [6, 6.07) is 4.27. The zero-order valence-corrected chi connectivity index (χ0v) is 18.9. The van der Waals surface area contributed by atoms with Gasteiger partial charge in [0.2, 0.25) is 11.9 Å². The molecule has 0 atom stereocenters. The summed E-state index contributed by atoms with van der Waals surface area (Å²) >= 11 is 0. The van der Waals surface area contributed by atoms with Crippen molar-refractivity contribution in [2.75, 3.05) is 11.1 Å². The number of hydrogen-bond acceptors (Lipinski definition) is 7. The summed E-state index contributed by atoms with van der Waals surface area (Å²) in [5.41, 5.74) is 8.05. The van der Waals surface area contributed by atoms with Crippen molar-refractivity contribution in [3.05, 3.63) is 71.8 Å². The third kappa shape index (κ3) is 5.01. The Morgan fingerprint density at radius 1 is 1.11 bits per heavy atom. The highest BCUT2D eigenvalue weighted by Gasteiger charge is 2.22. The van der Waals surface area contributed by atoms with E-state index in [9.17, 15) is 14.0 Å². The molecule has 1 aliphatic carbocycles. The minimum Gasteiger partial charge on any atom is -0.368 e. The van der Waals surface area contributed by atoms with Crippen LogP contribution in [0.1, 0.15) is 47.3 Å². The average molecular weight is 474 g/mol. The Labute approximate surface area is 200 Å². The van der Waals surface area contributed by atoms with Crippen LogP contribution >= 0.6 is 0 Å². The van der Waals surface area contributed by atoms with Gasteiger partial charge in [-0.15, -0.1) is 0 Å². The third-order valence-electron chi connectivity index (χ3n) is 6.22. The molecule has 0 unspecified atom stereocenters. The maximum atomic E-state index is 13.5. The number of nitrogens with two attached hydrogens (primary N) is 1. The molecule has 0 saturated heterocycles. The molecule has 10 heteroatoms. The maximum Gasteiger partial charge on any atom is 0.230 e. The summed E-state index contributed by atoms with van der Waals surface area (Å²) in [6.45, 7) is 0.770. The predicted octanol–water partition coefficient (Wildman–Crippen LogP) is 3.55. The molecule has 1 aliphatic rings. The number of carbonyl (C=O) groups excluding carboxylic acids is 2. The lowest BCUT2D eigenvalue weighted by Gasteiger charge is -2.10. The molecule has 4 aromatic rings. The van der Waals surface area contributed by atoms with Crippen molar-refractivity contribution in [1.29, 1.82) is 0 Å². The van der Waals surface area contributed by atoms with Gasteiger partial charge in [0.1, 0.15) is 11.5 Å². The van der Waals surface area contributed by atoms with Crippen LogP contribution in [0.4, 0.5) is 16.0 Å². The average Bonchev–Trinajstić information content (AvgIpc) is 3.48. The number of ketones is 1. The van der Waals surface area contributed by atoms with E-state index in [-0.39, 0.29) is 24.1 Å². The fourth-order valence-electron chi connectivity index (χ4n) is 4.54. The quantitative estimate of drug-likeness (QED) is 0.393. The van der Waals surface area contributed by atoms with E-state index >= 15 is 0 Å². The summed E-state index contributed by atoms with van der Waals surface area (Å²) < 4.78 is 15.0. The molecular weight excluding hydrogens is 449 g/mol. The summed E-state index contributed by atoms with van der Waals surface area (Å²) in [6.07, 6.45) is 12.1. The van der Waals surface area contributed by atoms with Crippen molar-refractivity contribution in [2.24, 2.45) is 5.92 Å². The second kappa shape index (κ2) is 9.57. The van der Waals surface area contributed by atoms with E-state index in [0.717, 1.165) is 25.6 Å². The molecule has 0 radical (unpaired) electrons. The second-order valence-corrected chi connectivity index (χ2v) is 8.80. The van der Waals surface area contributed by atoms with Crippen LogP contribution < -0.4 is 11.1 Å². The lowest BCUT2D eigenvalue weighted by Crippen LogP contribution is -2.16. The highest BCUT2D eigenvalue weighted by molar-refractivity contribution is 6.16. The van der Waals surface area contributed by atoms with Gasteiger partial charge in [0, 0.05) is 41.8 Å². The Hall–Kier alpha value is -4.21. The van der Waals surface area contributed by atoms with Crippen LogP contribution in [0, 0.1) is 11.7 Å². The van der Waals surface area contributed by atoms with E-state index in [4.69, 9.17) is 5.73 Å². The Morgan fingerprint density at radius 3 is 2.71 bits per heavy atom. The van der Waals surface area contributed by atoms with Gasteiger partial charge in [-0.1, -0.05) is 12.8 Å². The molecule has 0 aromatic carbocycles. The highest BCUT2D eigenvalue weighted by atomic mass is 19.1. The first-order chi connectivity index (χ1) is 17.0. The molecule has 5 rings (SSSR count). The topological polar surface area (TPSA) is 129 Å². The van der Waals surface area contributed by atoms with Crippen molar-refractivity contribution < 1.29 is 14.0 Å². The molecule has 0 aliphatic heterocycles.